The van der Waals surface area contributed by atoms with Gasteiger partial charge >= 0.3 is 0 Å². The van der Waals surface area contributed by atoms with Crippen LogP contribution in [-0.2, 0) is 11.3 Å². The number of hydrogen-bond donors (Lipinski definition) is 2. The highest BCUT2D eigenvalue weighted by atomic mass is 16.3. The number of amides is 1. The molecule has 1 amide bonds. The zero-order chi connectivity index (χ0) is 14.5. The average Bonchev–Trinajstić information content (AvgIpc) is 2.80. The van der Waals surface area contributed by atoms with Crippen molar-refractivity contribution in [2.75, 3.05) is 25.9 Å². The van der Waals surface area contributed by atoms with E-state index in [9.17, 15) is 4.79 Å². The predicted molar refractivity (Wildman–Crippen MR) is 78.1 cm³/mol. The van der Waals surface area contributed by atoms with Crippen molar-refractivity contribution in [3.63, 3.8) is 0 Å². The number of benzene rings is 1. The molecule has 20 heavy (non-hydrogen) atoms. The Balaban J connectivity index is 2.13. The van der Waals surface area contributed by atoms with Crippen LogP contribution in [0, 0.1) is 0 Å². The fraction of sp³-hybridized carbons (Fsp3) is 0.429. The molecule has 108 valence electrons. The van der Waals surface area contributed by atoms with E-state index in [1.54, 1.807) is 19.2 Å². The Kier molecular flexibility index (Phi) is 4.57. The number of oxazole rings is 1. The second kappa shape index (κ2) is 6.38. The molecule has 6 nitrogen and oxygen atoms in total. The Labute approximate surface area is 117 Å². The molecule has 0 aliphatic heterocycles. The van der Waals surface area contributed by atoms with Crippen molar-refractivity contribution < 1.29 is 9.21 Å². The van der Waals surface area contributed by atoms with Crippen molar-refractivity contribution in [2.45, 2.75) is 19.9 Å². The highest BCUT2D eigenvalue weighted by Gasteiger charge is 2.13. The van der Waals surface area contributed by atoms with Gasteiger partial charge in [-0.05, 0) is 25.1 Å². The number of nitrogen functional groups attached to an aromatic ring is 1. The SMILES string of the molecule is CCCN(CC(=O)NC)Cc1nc2ccc(N)cc2o1. The lowest BCUT2D eigenvalue weighted by Gasteiger charge is -2.18. The van der Waals surface area contributed by atoms with Gasteiger partial charge in [0.2, 0.25) is 11.8 Å². The van der Waals surface area contributed by atoms with Gasteiger partial charge in [0.15, 0.2) is 5.58 Å². The molecule has 0 bridgehead atoms. The third-order valence-electron chi connectivity index (χ3n) is 3.00. The molecule has 0 saturated carbocycles. The van der Waals surface area contributed by atoms with Gasteiger partial charge in [0.1, 0.15) is 5.52 Å². The summed E-state index contributed by atoms with van der Waals surface area (Å²) in [5.74, 6) is 0.585. The van der Waals surface area contributed by atoms with E-state index >= 15 is 0 Å². The van der Waals surface area contributed by atoms with Crippen molar-refractivity contribution in [2.24, 2.45) is 0 Å². The number of carbonyl (C=O) groups excluding carboxylic acids is 1. The summed E-state index contributed by atoms with van der Waals surface area (Å²) >= 11 is 0. The first-order valence-corrected chi connectivity index (χ1v) is 6.70. The van der Waals surface area contributed by atoms with Gasteiger partial charge in [0.05, 0.1) is 13.1 Å². The van der Waals surface area contributed by atoms with Crippen LogP contribution in [0.3, 0.4) is 0 Å². The summed E-state index contributed by atoms with van der Waals surface area (Å²) in [4.78, 5) is 17.9. The highest BCUT2D eigenvalue weighted by molar-refractivity contribution is 5.78. The molecular formula is C14H20N4O2. The summed E-state index contributed by atoms with van der Waals surface area (Å²) in [6.45, 7) is 3.74. The van der Waals surface area contributed by atoms with E-state index in [0.29, 0.717) is 30.3 Å². The lowest BCUT2D eigenvalue weighted by atomic mass is 10.3. The molecule has 0 spiro atoms. The fourth-order valence-electron chi connectivity index (χ4n) is 2.06. The maximum atomic E-state index is 11.5. The lowest BCUT2D eigenvalue weighted by Crippen LogP contribution is -2.35. The first kappa shape index (κ1) is 14.3. The van der Waals surface area contributed by atoms with Crippen molar-refractivity contribution in [3.05, 3.63) is 24.1 Å². The normalized spacial score (nSPS) is 11.2. The van der Waals surface area contributed by atoms with E-state index < -0.39 is 0 Å². The predicted octanol–water partition coefficient (Wildman–Crippen LogP) is 1.37. The molecule has 2 aromatic rings. The molecule has 1 aromatic carbocycles. The molecule has 0 aliphatic rings. The van der Waals surface area contributed by atoms with Crippen LogP contribution >= 0.6 is 0 Å². The van der Waals surface area contributed by atoms with E-state index in [4.69, 9.17) is 10.2 Å². The molecule has 6 heteroatoms. The number of nitrogens with zero attached hydrogens (tertiary/aromatic N) is 2. The number of hydrogen-bond acceptors (Lipinski definition) is 5. The molecule has 0 saturated heterocycles. The van der Waals surface area contributed by atoms with Gasteiger partial charge < -0.3 is 15.5 Å². The van der Waals surface area contributed by atoms with Gasteiger partial charge in [-0.25, -0.2) is 4.98 Å². The molecule has 0 atom stereocenters. The van der Waals surface area contributed by atoms with Crippen molar-refractivity contribution in [1.82, 2.24) is 15.2 Å². The van der Waals surface area contributed by atoms with Crippen LogP contribution in [0.25, 0.3) is 11.1 Å². The zero-order valence-corrected chi connectivity index (χ0v) is 11.8. The molecular weight excluding hydrogens is 256 g/mol. The second-order valence-electron chi connectivity index (χ2n) is 4.72. The fourth-order valence-corrected chi connectivity index (χ4v) is 2.06. The van der Waals surface area contributed by atoms with Gasteiger partial charge in [-0.1, -0.05) is 6.92 Å². The maximum absolute atomic E-state index is 11.5. The summed E-state index contributed by atoms with van der Waals surface area (Å²) in [6, 6.07) is 5.39. The molecule has 3 N–H and O–H groups in total. The highest BCUT2D eigenvalue weighted by Crippen LogP contribution is 2.19. The number of nitrogens with two attached hydrogens (primary N) is 1. The summed E-state index contributed by atoms with van der Waals surface area (Å²) in [5.41, 5.74) is 7.82. The summed E-state index contributed by atoms with van der Waals surface area (Å²) in [7, 11) is 1.63. The Bertz CT molecular complexity index is 594. The molecule has 1 heterocycles. The number of fused-ring (bicyclic) bond motifs is 1. The summed E-state index contributed by atoms with van der Waals surface area (Å²) < 4.78 is 5.68. The Hall–Kier alpha value is -2.08. The molecule has 2 rings (SSSR count). The van der Waals surface area contributed by atoms with Crippen LogP contribution < -0.4 is 11.1 Å². The topological polar surface area (TPSA) is 84.4 Å². The Morgan fingerprint density at radius 2 is 2.30 bits per heavy atom. The van der Waals surface area contributed by atoms with Crippen LogP contribution in [0.1, 0.15) is 19.2 Å². The second-order valence-corrected chi connectivity index (χ2v) is 4.72. The summed E-state index contributed by atoms with van der Waals surface area (Å²) in [6.07, 6.45) is 0.962. The van der Waals surface area contributed by atoms with Crippen molar-refractivity contribution in [3.8, 4) is 0 Å². The third-order valence-corrected chi connectivity index (χ3v) is 3.00. The smallest absolute Gasteiger partial charge is 0.233 e. The van der Waals surface area contributed by atoms with Crippen molar-refractivity contribution in [1.29, 1.82) is 0 Å². The van der Waals surface area contributed by atoms with Crippen LogP contribution in [0.2, 0.25) is 0 Å². The van der Waals surface area contributed by atoms with E-state index in [0.717, 1.165) is 18.5 Å². The van der Waals surface area contributed by atoms with Gasteiger partial charge in [0.25, 0.3) is 0 Å². The Morgan fingerprint density at radius 1 is 1.50 bits per heavy atom. The van der Waals surface area contributed by atoms with Gasteiger partial charge in [-0.15, -0.1) is 0 Å². The molecule has 1 aromatic heterocycles. The van der Waals surface area contributed by atoms with Crippen LogP contribution in [0.5, 0.6) is 0 Å². The zero-order valence-electron chi connectivity index (χ0n) is 11.8. The van der Waals surface area contributed by atoms with Gasteiger partial charge in [-0.2, -0.15) is 0 Å². The van der Waals surface area contributed by atoms with Crippen LogP contribution in [-0.4, -0.2) is 35.9 Å². The quantitative estimate of drug-likeness (QED) is 0.778. The number of anilines is 1. The van der Waals surface area contributed by atoms with Gasteiger partial charge in [0, 0.05) is 18.8 Å². The number of rotatable bonds is 6. The largest absolute Gasteiger partial charge is 0.439 e. The van der Waals surface area contributed by atoms with E-state index in [-0.39, 0.29) is 5.91 Å². The summed E-state index contributed by atoms with van der Waals surface area (Å²) in [5, 5.41) is 2.63. The molecule has 0 aliphatic carbocycles. The lowest BCUT2D eigenvalue weighted by molar-refractivity contribution is -0.121. The minimum absolute atomic E-state index is 0.0150. The van der Waals surface area contributed by atoms with Gasteiger partial charge in [-0.3, -0.25) is 9.69 Å². The Morgan fingerprint density at radius 3 is 3.00 bits per heavy atom. The average molecular weight is 276 g/mol. The third kappa shape index (κ3) is 3.48. The van der Waals surface area contributed by atoms with E-state index in [1.165, 1.54) is 0 Å². The number of nitrogens with one attached hydrogen (secondary N) is 1. The first-order valence-electron chi connectivity index (χ1n) is 6.70. The number of carbonyl (C=O) groups is 1. The molecule has 0 unspecified atom stereocenters. The van der Waals surface area contributed by atoms with Crippen LogP contribution in [0.4, 0.5) is 5.69 Å². The van der Waals surface area contributed by atoms with Crippen LogP contribution in [0.15, 0.2) is 22.6 Å². The van der Waals surface area contributed by atoms with E-state index in [1.807, 2.05) is 11.0 Å². The minimum atomic E-state index is -0.0150. The standard InChI is InChI=1S/C14H20N4O2/c1-3-6-18(8-13(19)16-2)9-14-17-11-5-4-10(15)7-12(11)20-14/h4-5,7H,3,6,8-9,15H2,1-2H3,(H,16,19). The minimum Gasteiger partial charge on any atom is -0.439 e. The number of likely N-dealkylation sites (N-methyl/N-ethyl adjacent to an activating group) is 1. The first-order chi connectivity index (χ1) is 9.62. The number of aromatic nitrogens is 1. The van der Waals surface area contributed by atoms with Crippen molar-refractivity contribution >= 4 is 22.7 Å². The molecule has 0 fully saturated rings. The van der Waals surface area contributed by atoms with E-state index in [2.05, 4.69) is 17.2 Å². The molecule has 0 radical (unpaired) electrons. The maximum Gasteiger partial charge on any atom is 0.233 e. The monoisotopic (exact) mass is 276 g/mol.